The van der Waals surface area contributed by atoms with E-state index in [2.05, 4.69) is 5.32 Å². The van der Waals surface area contributed by atoms with Gasteiger partial charge in [-0.3, -0.25) is 4.90 Å². The Morgan fingerprint density at radius 3 is 2.27 bits per heavy atom. The summed E-state index contributed by atoms with van der Waals surface area (Å²) in [5, 5.41) is 2.88. The van der Waals surface area contributed by atoms with Gasteiger partial charge in [0.25, 0.3) is 0 Å². The number of hydrogen-bond donors (Lipinski definition) is 1. The van der Waals surface area contributed by atoms with Gasteiger partial charge in [-0.25, -0.2) is 4.79 Å². The second-order valence-electron chi connectivity index (χ2n) is 5.71. The van der Waals surface area contributed by atoms with Crippen LogP contribution in [0.15, 0.2) is 42.5 Å². The highest BCUT2D eigenvalue weighted by Crippen LogP contribution is 2.27. The van der Waals surface area contributed by atoms with Crippen LogP contribution >= 0.6 is 0 Å². The van der Waals surface area contributed by atoms with E-state index >= 15 is 0 Å². The van der Waals surface area contributed by atoms with Gasteiger partial charge in [-0.2, -0.15) is 0 Å². The molecule has 0 radical (unpaired) electrons. The third-order valence-corrected chi connectivity index (χ3v) is 3.85. The van der Waals surface area contributed by atoms with Gasteiger partial charge in [0, 0.05) is 30.4 Å². The lowest BCUT2D eigenvalue weighted by atomic mass is 10.2. The van der Waals surface area contributed by atoms with Crippen LogP contribution in [0.2, 0.25) is 0 Å². The summed E-state index contributed by atoms with van der Waals surface area (Å²) in [4.78, 5) is 14.1. The number of methoxy groups -OCH3 is 2. The molecule has 0 spiro atoms. The topological polar surface area (TPSA) is 60.0 Å². The normalized spacial score (nSPS) is 10.2. The summed E-state index contributed by atoms with van der Waals surface area (Å²) in [5.41, 5.74) is 1.99. The number of rotatable bonds is 8. The Kier molecular flexibility index (Phi) is 7.14. The van der Waals surface area contributed by atoms with Gasteiger partial charge in [-0.05, 0) is 31.5 Å². The number of anilines is 1. The molecule has 2 aromatic rings. The van der Waals surface area contributed by atoms with E-state index in [9.17, 15) is 4.79 Å². The summed E-state index contributed by atoms with van der Waals surface area (Å²) in [6.45, 7) is 5.27. The maximum atomic E-state index is 12.4. The molecule has 140 valence electrons. The largest absolute Gasteiger partial charge is 0.496 e. The lowest BCUT2D eigenvalue weighted by Gasteiger charge is -2.22. The van der Waals surface area contributed by atoms with Crippen molar-refractivity contribution in [3.63, 3.8) is 0 Å². The van der Waals surface area contributed by atoms with E-state index in [0.29, 0.717) is 36.9 Å². The van der Waals surface area contributed by atoms with Crippen molar-refractivity contribution in [3.8, 4) is 17.2 Å². The molecule has 0 saturated heterocycles. The van der Waals surface area contributed by atoms with Crippen LogP contribution in [0.3, 0.4) is 0 Å². The highest BCUT2D eigenvalue weighted by Gasteiger charge is 2.13. The van der Waals surface area contributed by atoms with Gasteiger partial charge in [-0.1, -0.05) is 12.1 Å². The van der Waals surface area contributed by atoms with Gasteiger partial charge in [0.1, 0.15) is 23.9 Å². The number of benzene rings is 2. The Hall–Kier alpha value is -2.89. The first-order valence-corrected chi connectivity index (χ1v) is 8.55. The smallest absolute Gasteiger partial charge is 0.321 e. The number of ether oxygens (including phenoxy) is 3. The molecule has 0 unspecified atom stereocenters. The first kappa shape index (κ1) is 19.4. The standard InChI is InChI=1S/C20H26N2O4/c1-5-22(16-8-6-7-15(2)11-16)20(23)21-9-10-26-19-13-17(24-3)12-18(14-19)25-4/h6-8,11-14H,5,9-10H2,1-4H3,(H,21,23). The van der Waals surface area contributed by atoms with Crippen molar-refractivity contribution in [2.75, 3.05) is 38.8 Å². The van der Waals surface area contributed by atoms with E-state index in [1.807, 2.05) is 38.1 Å². The molecule has 1 N–H and O–H groups in total. The quantitative estimate of drug-likeness (QED) is 0.732. The second kappa shape index (κ2) is 9.56. The van der Waals surface area contributed by atoms with Crippen molar-refractivity contribution in [2.24, 2.45) is 0 Å². The van der Waals surface area contributed by atoms with E-state index in [4.69, 9.17) is 14.2 Å². The summed E-state index contributed by atoms with van der Waals surface area (Å²) in [5.74, 6) is 1.93. The molecule has 2 aromatic carbocycles. The molecule has 0 atom stereocenters. The summed E-state index contributed by atoms with van der Waals surface area (Å²) >= 11 is 0. The summed E-state index contributed by atoms with van der Waals surface area (Å²) in [6, 6.07) is 13.0. The minimum Gasteiger partial charge on any atom is -0.496 e. The number of nitrogens with zero attached hydrogens (tertiary/aromatic N) is 1. The van der Waals surface area contributed by atoms with Crippen LogP contribution in [-0.2, 0) is 0 Å². The molecular weight excluding hydrogens is 332 g/mol. The van der Waals surface area contributed by atoms with Crippen LogP contribution in [0.1, 0.15) is 12.5 Å². The Bertz CT molecular complexity index is 711. The molecule has 0 heterocycles. The van der Waals surface area contributed by atoms with E-state index in [0.717, 1.165) is 11.3 Å². The van der Waals surface area contributed by atoms with E-state index < -0.39 is 0 Å². The molecule has 2 rings (SSSR count). The lowest BCUT2D eigenvalue weighted by Crippen LogP contribution is -2.41. The zero-order valence-corrected chi connectivity index (χ0v) is 15.7. The molecule has 0 fully saturated rings. The maximum Gasteiger partial charge on any atom is 0.321 e. The van der Waals surface area contributed by atoms with Crippen molar-refractivity contribution in [1.29, 1.82) is 0 Å². The van der Waals surface area contributed by atoms with E-state index in [1.54, 1.807) is 37.3 Å². The first-order valence-electron chi connectivity index (χ1n) is 8.55. The zero-order valence-electron chi connectivity index (χ0n) is 15.7. The van der Waals surface area contributed by atoms with Gasteiger partial charge in [0.2, 0.25) is 0 Å². The van der Waals surface area contributed by atoms with Crippen molar-refractivity contribution >= 4 is 11.7 Å². The summed E-state index contributed by atoms with van der Waals surface area (Å²) in [7, 11) is 3.17. The number of amides is 2. The van der Waals surface area contributed by atoms with E-state index in [1.165, 1.54) is 0 Å². The van der Waals surface area contributed by atoms with Gasteiger partial charge >= 0.3 is 6.03 Å². The summed E-state index contributed by atoms with van der Waals surface area (Å²) in [6.07, 6.45) is 0. The Morgan fingerprint density at radius 2 is 1.69 bits per heavy atom. The third-order valence-electron chi connectivity index (χ3n) is 3.85. The molecule has 0 saturated carbocycles. The van der Waals surface area contributed by atoms with Crippen LogP contribution < -0.4 is 24.4 Å². The number of carbonyl (C=O) groups is 1. The number of aryl methyl sites for hydroxylation is 1. The average molecular weight is 358 g/mol. The Labute approximate surface area is 154 Å². The third kappa shape index (κ3) is 5.31. The van der Waals surface area contributed by atoms with E-state index in [-0.39, 0.29) is 6.03 Å². The maximum absolute atomic E-state index is 12.4. The molecular formula is C20H26N2O4. The minimum absolute atomic E-state index is 0.148. The van der Waals surface area contributed by atoms with Gasteiger partial charge in [0.15, 0.2) is 0 Å². The number of urea groups is 1. The molecule has 0 aliphatic carbocycles. The molecule has 2 amide bonds. The van der Waals surface area contributed by atoms with Crippen molar-refractivity contribution in [3.05, 3.63) is 48.0 Å². The SMILES string of the molecule is CCN(C(=O)NCCOc1cc(OC)cc(OC)c1)c1cccc(C)c1. The molecule has 6 nitrogen and oxygen atoms in total. The lowest BCUT2D eigenvalue weighted by molar-refractivity contribution is 0.242. The minimum atomic E-state index is -0.148. The van der Waals surface area contributed by atoms with Crippen LogP contribution in [0.5, 0.6) is 17.2 Å². The average Bonchev–Trinajstić information content (AvgIpc) is 2.65. The van der Waals surface area contributed by atoms with Crippen LogP contribution in [0.4, 0.5) is 10.5 Å². The predicted octanol–water partition coefficient (Wildman–Crippen LogP) is 3.63. The van der Waals surface area contributed by atoms with Gasteiger partial charge in [-0.15, -0.1) is 0 Å². The molecule has 6 heteroatoms. The number of carbonyl (C=O) groups excluding carboxylic acids is 1. The van der Waals surface area contributed by atoms with Crippen LogP contribution in [0.25, 0.3) is 0 Å². The van der Waals surface area contributed by atoms with Gasteiger partial charge < -0.3 is 19.5 Å². The second-order valence-corrected chi connectivity index (χ2v) is 5.71. The fourth-order valence-electron chi connectivity index (χ4n) is 2.53. The number of hydrogen-bond acceptors (Lipinski definition) is 4. The van der Waals surface area contributed by atoms with Crippen molar-refractivity contribution < 1.29 is 19.0 Å². The fourth-order valence-corrected chi connectivity index (χ4v) is 2.53. The van der Waals surface area contributed by atoms with Crippen LogP contribution in [0, 0.1) is 6.92 Å². The predicted molar refractivity (Wildman–Crippen MR) is 103 cm³/mol. The van der Waals surface area contributed by atoms with Gasteiger partial charge in [0.05, 0.1) is 20.8 Å². The van der Waals surface area contributed by atoms with Crippen molar-refractivity contribution in [2.45, 2.75) is 13.8 Å². The van der Waals surface area contributed by atoms with Crippen molar-refractivity contribution in [1.82, 2.24) is 5.32 Å². The fraction of sp³-hybridized carbons (Fsp3) is 0.350. The Balaban J connectivity index is 1.88. The first-order chi connectivity index (χ1) is 12.6. The highest BCUT2D eigenvalue weighted by molar-refractivity contribution is 5.91. The number of nitrogens with one attached hydrogen (secondary N) is 1. The highest BCUT2D eigenvalue weighted by atomic mass is 16.5. The summed E-state index contributed by atoms with van der Waals surface area (Å²) < 4.78 is 16.1. The monoisotopic (exact) mass is 358 g/mol. The molecule has 0 aliphatic rings. The Morgan fingerprint density at radius 1 is 1.04 bits per heavy atom. The van der Waals surface area contributed by atoms with Crippen LogP contribution in [-0.4, -0.2) is 39.9 Å². The molecule has 26 heavy (non-hydrogen) atoms. The molecule has 0 aliphatic heterocycles. The zero-order chi connectivity index (χ0) is 18.9. The molecule has 0 bridgehead atoms. The molecule has 0 aromatic heterocycles.